The molecule has 0 aromatic carbocycles. The van der Waals surface area contributed by atoms with Crippen LogP contribution in [0.15, 0.2) is 24.4 Å². The fourth-order valence-corrected chi connectivity index (χ4v) is 2.07. The summed E-state index contributed by atoms with van der Waals surface area (Å²) in [5.74, 6) is 1.05. The SMILES string of the molecule is C[C@@H](O)CN1CCN(c2ccccn2)CC1. The average molecular weight is 221 g/mol. The largest absolute Gasteiger partial charge is 0.392 e. The van der Waals surface area contributed by atoms with Crippen LogP contribution in [-0.4, -0.2) is 53.8 Å². The van der Waals surface area contributed by atoms with Crippen molar-refractivity contribution in [3.8, 4) is 0 Å². The molecule has 88 valence electrons. The molecule has 1 saturated heterocycles. The van der Waals surface area contributed by atoms with Crippen molar-refractivity contribution in [3.63, 3.8) is 0 Å². The number of hydrogen-bond acceptors (Lipinski definition) is 4. The Morgan fingerprint density at radius 2 is 2.06 bits per heavy atom. The minimum absolute atomic E-state index is 0.235. The summed E-state index contributed by atoms with van der Waals surface area (Å²) in [6, 6.07) is 6.00. The molecule has 0 aliphatic carbocycles. The first-order valence-electron chi connectivity index (χ1n) is 5.82. The van der Waals surface area contributed by atoms with E-state index in [1.165, 1.54) is 0 Å². The van der Waals surface area contributed by atoms with Crippen molar-refractivity contribution in [2.75, 3.05) is 37.6 Å². The van der Waals surface area contributed by atoms with Crippen LogP contribution in [0.5, 0.6) is 0 Å². The summed E-state index contributed by atoms with van der Waals surface area (Å²) in [5, 5.41) is 9.32. The summed E-state index contributed by atoms with van der Waals surface area (Å²) >= 11 is 0. The number of piperazine rings is 1. The van der Waals surface area contributed by atoms with Crippen LogP contribution in [0.4, 0.5) is 5.82 Å². The first-order valence-corrected chi connectivity index (χ1v) is 5.82. The zero-order valence-corrected chi connectivity index (χ0v) is 9.71. The summed E-state index contributed by atoms with van der Waals surface area (Å²) in [5.41, 5.74) is 0. The summed E-state index contributed by atoms with van der Waals surface area (Å²) in [4.78, 5) is 8.93. The van der Waals surface area contributed by atoms with Crippen LogP contribution in [0.3, 0.4) is 0 Å². The van der Waals surface area contributed by atoms with Gasteiger partial charge in [-0.15, -0.1) is 0 Å². The van der Waals surface area contributed by atoms with Crippen LogP contribution in [0.1, 0.15) is 6.92 Å². The second-order valence-electron chi connectivity index (χ2n) is 4.32. The highest BCUT2D eigenvalue weighted by Crippen LogP contribution is 2.12. The highest BCUT2D eigenvalue weighted by atomic mass is 16.3. The Bertz CT molecular complexity index is 307. The minimum atomic E-state index is -0.235. The predicted molar refractivity (Wildman–Crippen MR) is 64.6 cm³/mol. The topological polar surface area (TPSA) is 39.6 Å². The Morgan fingerprint density at radius 1 is 1.31 bits per heavy atom. The van der Waals surface area contributed by atoms with E-state index < -0.39 is 0 Å². The standard InChI is InChI=1S/C12H19N3O/c1-11(16)10-14-6-8-15(9-7-14)12-4-2-3-5-13-12/h2-5,11,16H,6-10H2,1H3/t11-/m1/s1. The molecule has 1 fully saturated rings. The molecule has 4 nitrogen and oxygen atoms in total. The molecule has 4 heteroatoms. The van der Waals surface area contributed by atoms with Gasteiger partial charge in [-0.1, -0.05) is 6.07 Å². The number of rotatable bonds is 3. The maximum Gasteiger partial charge on any atom is 0.128 e. The van der Waals surface area contributed by atoms with Crippen molar-refractivity contribution in [1.82, 2.24) is 9.88 Å². The Kier molecular flexibility index (Phi) is 3.74. The molecule has 0 saturated carbocycles. The molecular formula is C12H19N3O. The molecule has 1 aliphatic rings. The monoisotopic (exact) mass is 221 g/mol. The van der Waals surface area contributed by atoms with Gasteiger partial charge in [-0.2, -0.15) is 0 Å². The molecule has 16 heavy (non-hydrogen) atoms. The number of hydrogen-bond donors (Lipinski definition) is 1. The van der Waals surface area contributed by atoms with E-state index in [1.807, 2.05) is 31.3 Å². The molecule has 1 atom stereocenters. The maximum absolute atomic E-state index is 9.32. The van der Waals surface area contributed by atoms with Crippen molar-refractivity contribution in [2.24, 2.45) is 0 Å². The Balaban J connectivity index is 1.86. The predicted octanol–water partition coefficient (Wildman–Crippen LogP) is 0.584. The third-order valence-corrected chi connectivity index (χ3v) is 2.87. The first-order chi connectivity index (χ1) is 7.75. The Hall–Kier alpha value is -1.13. The minimum Gasteiger partial charge on any atom is -0.392 e. The van der Waals surface area contributed by atoms with Gasteiger partial charge in [0.15, 0.2) is 0 Å². The van der Waals surface area contributed by atoms with Crippen molar-refractivity contribution < 1.29 is 5.11 Å². The van der Waals surface area contributed by atoms with Crippen LogP contribution >= 0.6 is 0 Å². The molecule has 2 rings (SSSR count). The number of aliphatic hydroxyl groups excluding tert-OH is 1. The summed E-state index contributed by atoms with van der Waals surface area (Å²) in [6.45, 7) is 6.59. The number of aromatic nitrogens is 1. The normalized spacial score (nSPS) is 19.8. The van der Waals surface area contributed by atoms with Gasteiger partial charge in [0.2, 0.25) is 0 Å². The molecule has 0 unspecified atom stereocenters. The van der Waals surface area contributed by atoms with Gasteiger partial charge in [0.1, 0.15) is 5.82 Å². The van der Waals surface area contributed by atoms with Crippen molar-refractivity contribution in [3.05, 3.63) is 24.4 Å². The Morgan fingerprint density at radius 3 is 2.62 bits per heavy atom. The second kappa shape index (κ2) is 5.27. The van der Waals surface area contributed by atoms with Gasteiger partial charge in [-0.05, 0) is 19.1 Å². The van der Waals surface area contributed by atoms with E-state index in [9.17, 15) is 5.11 Å². The summed E-state index contributed by atoms with van der Waals surface area (Å²) in [7, 11) is 0. The van der Waals surface area contributed by atoms with Crippen LogP contribution < -0.4 is 4.90 Å². The van der Waals surface area contributed by atoms with E-state index in [0.29, 0.717) is 0 Å². The van der Waals surface area contributed by atoms with Gasteiger partial charge >= 0.3 is 0 Å². The molecule has 1 aromatic heterocycles. The van der Waals surface area contributed by atoms with Crippen molar-refractivity contribution >= 4 is 5.82 Å². The number of aliphatic hydroxyl groups is 1. The van der Waals surface area contributed by atoms with E-state index in [0.717, 1.165) is 38.5 Å². The lowest BCUT2D eigenvalue weighted by molar-refractivity contribution is 0.122. The van der Waals surface area contributed by atoms with Crippen LogP contribution in [0.25, 0.3) is 0 Å². The number of β-amino-alcohol motifs (C(OH)–C–C–N with tert-alkyl or cyclic N) is 1. The van der Waals surface area contributed by atoms with Crippen LogP contribution in [-0.2, 0) is 0 Å². The maximum atomic E-state index is 9.32. The van der Waals surface area contributed by atoms with E-state index in [-0.39, 0.29) is 6.10 Å². The Labute approximate surface area is 96.5 Å². The molecule has 0 spiro atoms. The lowest BCUT2D eigenvalue weighted by atomic mass is 10.2. The third kappa shape index (κ3) is 2.93. The summed E-state index contributed by atoms with van der Waals surface area (Å²) in [6.07, 6.45) is 1.60. The molecule has 2 heterocycles. The molecule has 0 radical (unpaired) electrons. The average Bonchev–Trinajstić information content (AvgIpc) is 2.30. The van der Waals surface area contributed by atoms with Gasteiger partial charge in [-0.25, -0.2) is 4.98 Å². The zero-order chi connectivity index (χ0) is 11.4. The van der Waals surface area contributed by atoms with Gasteiger partial charge in [0.05, 0.1) is 6.10 Å². The molecule has 0 amide bonds. The smallest absolute Gasteiger partial charge is 0.128 e. The zero-order valence-electron chi connectivity index (χ0n) is 9.71. The lowest BCUT2D eigenvalue weighted by Gasteiger charge is -2.35. The first kappa shape index (κ1) is 11.4. The fraction of sp³-hybridized carbons (Fsp3) is 0.583. The second-order valence-corrected chi connectivity index (χ2v) is 4.32. The summed E-state index contributed by atoms with van der Waals surface area (Å²) < 4.78 is 0. The third-order valence-electron chi connectivity index (χ3n) is 2.87. The van der Waals surface area contributed by atoms with Crippen LogP contribution in [0.2, 0.25) is 0 Å². The molecule has 1 N–H and O–H groups in total. The quantitative estimate of drug-likeness (QED) is 0.810. The number of anilines is 1. The van der Waals surface area contributed by atoms with Gasteiger partial charge in [0, 0.05) is 38.9 Å². The van der Waals surface area contributed by atoms with Crippen molar-refractivity contribution in [2.45, 2.75) is 13.0 Å². The molecular weight excluding hydrogens is 202 g/mol. The van der Waals surface area contributed by atoms with E-state index in [2.05, 4.69) is 14.8 Å². The highest BCUT2D eigenvalue weighted by Gasteiger charge is 2.18. The van der Waals surface area contributed by atoms with Gasteiger partial charge in [0.25, 0.3) is 0 Å². The van der Waals surface area contributed by atoms with Crippen LogP contribution in [0, 0.1) is 0 Å². The molecule has 1 aliphatic heterocycles. The number of nitrogens with zero attached hydrogens (tertiary/aromatic N) is 3. The van der Waals surface area contributed by atoms with Gasteiger partial charge in [-0.3, -0.25) is 4.90 Å². The van der Waals surface area contributed by atoms with Crippen molar-refractivity contribution in [1.29, 1.82) is 0 Å². The molecule has 1 aromatic rings. The van der Waals surface area contributed by atoms with Gasteiger partial charge < -0.3 is 10.0 Å². The van der Waals surface area contributed by atoms with E-state index in [1.54, 1.807) is 0 Å². The number of pyridine rings is 1. The van der Waals surface area contributed by atoms with E-state index in [4.69, 9.17) is 0 Å². The lowest BCUT2D eigenvalue weighted by Crippen LogP contribution is -2.48. The fourth-order valence-electron chi connectivity index (χ4n) is 2.07. The highest BCUT2D eigenvalue weighted by molar-refractivity contribution is 5.38. The van der Waals surface area contributed by atoms with E-state index >= 15 is 0 Å². The molecule has 0 bridgehead atoms.